The molecule has 6 heteroatoms. The van der Waals surface area contributed by atoms with Crippen LogP contribution in [0, 0.1) is 0 Å². The molecule has 0 bridgehead atoms. The highest BCUT2D eigenvalue weighted by atomic mass is 16.2. The van der Waals surface area contributed by atoms with Crippen molar-refractivity contribution in [1.29, 1.82) is 0 Å². The Hall–Kier alpha value is -3.38. The van der Waals surface area contributed by atoms with Gasteiger partial charge in [-0.15, -0.1) is 0 Å². The number of H-pyrrole nitrogens is 1. The second-order valence-electron chi connectivity index (χ2n) is 8.09. The van der Waals surface area contributed by atoms with Crippen LogP contribution in [0.3, 0.4) is 0 Å². The molecule has 1 aromatic heterocycles. The number of carbonyl (C=O) groups excluding carboxylic acids is 1. The number of nitrogens with one attached hydrogen (secondary N) is 3. The Kier molecular flexibility index (Phi) is 4.85. The van der Waals surface area contributed by atoms with Gasteiger partial charge in [0.2, 0.25) is 0 Å². The average molecular weight is 401 g/mol. The number of aromatic nitrogens is 2. The van der Waals surface area contributed by atoms with Crippen molar-refractivity contribution in [2.75, 3.05) is 25.0 Å². The number of hydrogen-bond acceptors (Lipinski definition) is 2. The van der Waals surface area contributed by atoms with Crippen molar-refractivity contribution >= 4 is 33.4 Å². The third-order valence-electron chi connectivity index (χ3n) is 6.10. The van der Waals surface area contributed by atoms with Gasteiger partial charge < -0.3 is 15.2 Å². The van der Waals surface area contributed by atoms with E-state index in [0.29, 0.717) is 6.54 Å². The number of benzene rings is 3. The van der Waals surface area contributed by atoms with Crippen molar-refractivity contribution in [3.63, 3.8) is 0 Å². The van der Waals surface area contributed by atoms with Gasteiger partial charge in [0.15, 0.2) is 6.54 Å². The second kappa shape index (κ2) is 7.80. The summed E-state index contributed by atoms with van der Waals surface area (Å²) in [6.07, 6.45) is 1.78. The lowest BCUT2D eigenvalue weighted by atomic mass is 10.0. The zero-order valence-electron chi connectivity index (χ0n) is 16.7. The quantitative estimate of drug-likeness (QED) is 0.491. The molecule has 0 atom stereocenters. The smallest absolute Gasteiger partial charge is 0.326 e. The number of likely N-dealkylation sites (tertiary alicyclic amines) is 1. The predicted molar refractivity (Wildman–Crippen MR) is 119 cm³/mol. The fourth-order valence-corrected chi connectivity index (χ4v) is 4.58. The van der Waals surface area contributed by atoms with E-state index in [-0.39, 0.29) is 17.6 Å². The number of quaternary nitrogens is 1. The topological polar surface area (TPSA) is 71.3 Å². The molecule has 152 valence electrons. The Bertz CT molecular complexity index is 1260. The first-order valence-electron chi connectivity index (χ1n) is 10.5. The third-order valence-corrected chi connectivity index (χ3v) is 6.10. The summed E-state index contributed by atoms with van der Waals surface area (Å²) in [5.74, 6) is 0.0305. The molecule has 0 saturated carbocycles. The Morgan fingerprint density at radius 2 is 1.73 bits per heavy atom. The van der Waals surface area contributed by atoms with Gasteiger partial charge in [-0.25, -0.2) is 4.79 Å². The van der Waals surface area contributed by atoms with Crippen LogP contribution < -0.4 is 15.9 Å². The molecule has 1 fully saturated rings. The van der Waals surface area contributed by atoms with E-state index >= 15 is 0 Å². The average Bonchev–Trinajstić information content (AvgIpc) is 3.10. The molecule has 4 aromatic rings. The highest BCUT2D eigenvalue weighted by Gasteiger charge is 2.27. The van der Waals surface area contributed by atoms with Gasteiger partial charge in [0, 0.05) is 24.6 Å². The lowest BCUT2D eigenvalue weighted by molar-refractivity contribution is -0.897. The number of imidazole rings is 1. The first-order valence-corrected chi connectivity index (χ1v) is 10.5. The molecule has 1 saturated heterocycles. The van der Waals surface area contributed by atoms with Gasteiger partial charge in [0.25, 0.3) is 5.91 Å². The van der Waals surface area contributed by atoms with E-state index in [1.807, 2.05) is 65.2 Å². The van der Waals surface area contributed by atoms with E-state index < -0.39 is 0 Å². The van der Waals surface area contributed by atoms with Crippen molar-refractivity contribution in [1.82, 2.24) is 9.55 Å². The Morgan fingerprint density at radius 3 is 2.57 bits per heavy atom. The number of nitrogens with zero attached hydrogens (tertiary/aromatic N) is 1. The lowest BCUT2D eigenvalue weighted by Gasteiger charge is -2.29. The number of hydrogen-bond donors (Lipinski definition) is 3. The van der Waals surface area contributed by atoms with Crippen LogP contribution in [-0.2, 0) is 4.79 Å². The molecule has 30 heavy (non-hydrogen) atoms. The lowest BCUT2D eigenvalue weighted by Crippen LogP contribution is -3.14. The van der Waals surface area contributed by atoms with E-state index in [9.17, 15) is 9.59 Å². The van der Waals surface area contributed by atoms with Crippen LogP contribution in [0.25, 0.3) is 21.8 Å². The minimum atomic E-state index is -0.0429. The van der Waals surface area contributed by atoms with Crippen molar-refractivity contribution in [3.05, 3.63) is 77.2 Å². The highest BCUT2D eigenvalue weighted by molar-refractivity contribution is 5.94. The summed E-state index contributed by atoms with van der Waals surface area (Å²) in [6.45, 7) is 2.20. The summed E-state index contributed by atoms with van der Waals surface area (Å²) in [6, 6.07) is 22.1. The Balaban J connectivity index is 1.21. The normalized spacial score (nSPS) is 19.2. The summed E-state index contributed by atoms with van der Waals surface area (Å²) < 4.78 is 1.89. The number of rotatable bonds is 4. The van der Waals surface area contributed by atoms with E-state index in [1.54, 1.807) is 0 Å². The van der Waals surface area contributed by atoms with Gasteiger partial charge in [0.05, 0.1) is 24.1 Å². The Labute approximate surface area is 174 Å². The van der Waals surface area contributed by atoms with Crippen molar-refractivity contribution in [3.8, 4) is 0 Å². The number of aromatic amines is 1. The number of piperidine rings is 1. The maximum atomic E-state index is 12.6. The molecule has 0 aliphatic carbocycles. The van der Waals surface area contributed by atoms with Crippen LogP contribution in [0.2, 0.25) is 0 Å². The third kappa shape index (κ3) is 3.62. The van der Waals surface area contributed by atoms with Crippen molar-refractivity contribution in [2.24, 2.45) is 0 Å². The number of anilines is 1. The summed E-state index contributed by atoms with van der Waals surface area (Å²) in [5.41, 5.74) is 2.63. The fourth-order valence-electron chi connectivity index (χ4n) is 4.58. The summed E-state index contributed by atoms with van der Waals surface area (Å²) in [4.78, 5) is 29.2. The van der Waals surface area contributed by atoms with Crippen LogP contribution in [-0.4, -0.2) is 35.1 Å². The van der Waals surface area contributed by atoms with Crippen LogP contribution in [0.4, 0.5) is 5.69 Å². The number of para-hydroxylation sites is 2. The molecule has 0 spiro atoms. The number of amides is 1. The molecule has 0 unspecified atom stereocenters. The molecular weight excluding hydrogens is 376 g/mol. The predicted octanol–water partition coefficient (Wildman–Crippen LogP) is 2.34. The van der Waals surface area contributed by atoms with E-state index in [4.69, 9.17) is 0 Å². The maximum absolute atomic E-state index is 12.6. The molecule has 0 radical (unpaired) electrons. The first-order chi connectivity index (χ1) is 14.7. The zero-order chi connectivity index (χ0) is 20.5. The van der Waals surface area contributed by atoms with Gasteiger partial charge in [-0.3, -0.25) is 9.36 Å². The molecule has 6 nitrogen and oxygen atoms in total. The molecule has 1 amide bonds. The Morgan fingerprint density at radius 1 is 1.00 bits per heavy atom. The van der Waals surface area contributed by atoms with Gasteiger partial charge in [-0.1, -0.05) is 42.5 Å². The zero-order valence-corrected chi connectivity index (χ0v) is 16.7. The number of carbonyl (C=O) groups is 1. The molecule has 3 N–H and O–H groups in total. The number of fused-ring (bicyclic) bond motifs is 2. The van der Waals surface area contributed by atoms with E-state index in [1.165, 1.54) is 4.90 Å². The van der Waals surface area contributed by atoms with E-state index in [0.717, 1.165) is 53.4 Å². The molecule has 1 aliphatic heterocycles. The standard InChI is InChI=1S/C24H24N4O2/c29-23(25-19-10-9-17-5-1-2-6-18(17)15-19)16-27-13-11-20(12-14-27)28-22-8-4-3-7-21(22)26-24(28)30/h1-10,15,20H,11-14,16H2,(H,25,29)(H,26,30)/p+1. The van der Waals surface area contributed by atoms with Crippen molar-refractivity contribution < 1.29 is 9.69 Å². The van der Waals surface area contributed by atoms with E-state index in [2.05, 4.69) is 16.4 Å². The summed E-state index contributed by atoms with van der Waals surface area (Å²) in [7, 11) is 0. The molecule has 3 aromatic carbocycles. The SMILES string of the molecule is O=C(C[NH+]1CCC(n2c(=O)[nH]c3ccccc32)CC1)Nc1ccc2ccccc2c1. The van der Waals surface area contributed by atoms with Gasteiger partial charge in [0.1, 0.15) is 0 Å². The van der Waals surface area contributed by atoms with Gasteiger partial charge >= 0.3 is 5.69 Å². The monoisotopic (exact) mass is 401 g/mol. The van der Waals surface area contributed by atoms with Gasteiger partial charge in [-0.05, 0) is 35.0 Å². The molecule has 1 aliphatic rings. The van der Waals surface area contributed by atoms with Gasteiger partial charge in [-0.2, -0.15) is 0 Å². The maximum Gasteiger partial charge on any atom is 0.326 e. The largest absolute Gasteiger partial charge is 0.327 e. The molecule has 2 heterocycles. The minimum Gasteiger partial charge on any atom is -0.327 e. The summed E-state index contributed by atoms with van der Waals surface area (Å²) >= 11 is 0. The van der Waals surface area contributed by atoms with Crippen molar-refractivity contribution in [2.45, 2.75) is 18.9 Å². The minimum absolute atomic E-state index is 0.0305. The van der Waals surface area contributed by atoms with Crippen LogP contribution >= 0.6 is 0 Å². The first kappa shape index (κ1) is 18.6. The highest BCUT2D eigenvalue weighted by Crippen LogP contribution is 2.21. The molecular formula is C24H25N4O2+. The van der Waals surface area contributed by atoms with Crippen LogP contribution in [0.5, 0.6) is 0 Å². The molecule has 5 rings (SSSR count). The van der Waals surface area contributed by atoms with Crippen LogP contribution in [0.1, 0.15) is 18.9 Å². The second-order valence-corrected chi connectivity index (χ2v) is 8.09. The van der Waals surface area contributed by atoms with Crippen LogP contribution in [0.15, 0.2) is 71.5 Å². The summed E-state index contributed by atoms with van der Waals surface area (Å²) in [5, 5.41) is 5.31. The fraction of sp³-hybridized carbons (Fsp3) is 0.250.